The van der Waals surface area contributed by atoms with E-state index in [1.54, 1.807) is 12.1 Å². The molecule has 0 aliphatic heterocycles. The number of aliphatic hydroxyl groups is 1. The first-order valence-electron chi connectivity index (χ1n) is 6.48. The molecule has 0 radical (unpaired) electrons. The average Bonchev–Trinajstić information content (AvgIpc) is 2.45. The van der Waals surface area contributed by atoms with E-state index in [1.807, 2.05) is 42.5 Å². The number of aliphatic hydroxyl groups excluding tert-OH is 1. The van der Waals surface area contributed by atoms with Gasteiger partial charge in [0.1, 0.15) is 0 Å². The summed E-state index contributed by atoms with van der Waals surface area (Å²) in [6.45, 7) is -0.132. The molecule has 2 aromatic carbocycles. The second-order valence-corrected chi connectivity index (χ2v) is 4.64. The lowest BCUT2D eigenvalue weighted by Crippen LogP contribution is -2.31. The van der Waals surface area contributed by atoms with Crippen LogP contribution in [0.5, 0.6) is 0 Å². The van der Waals surface area contributed by atoms with Gasteiger partial charge in [-0.05, 0) is 23.3 Å². The molecular formula is C16H18N2O2. The first kappa shape index (κ1) is 14.1. The maximum atomic E-state index is 12.0. The van der Waals surface area contributed by atoms with Gasteiger partial charge in [0.25, 0.3) is 0 Å². The molecule has 0 aliphatic carbocycles. The summed E-state index contributed by atoms with van der Waals surface area (Å²) in [5.41, 5.74) is 8.06. The van der Waals surface area contributed by atoms with Crippen LogP contribution in [-0.4, -0.2) is 17.6 Å². The summed E-state index contributed by atoms with van der Waals surface area (Å²) in [4.78, 5) is 12.0. The Bertz CT molecular complexity index is 570. The van der Waals surface area contributed by atoms with Gasteiger partial charge in [0.15, 0.2) is 0 Å². The number of carbonyl (C=O) groups is 1. The van der Waals surface area contributed by atoms with Gasteiger partial charge in [-0.2, -0.15) is 0 Å². The molecule has 0 saturated heterocycles. The number of nitrogens with two attached hydrogens (primary N) is 1. The van der Waals surface area contributed by atoms with E-state index in [0.717, 1.165) is 11.1 Å². The van der Waals surface area contributed by atoms with Crippen molar-refractivity contribution in [1.82, 2.24) is 5.32 Å². The summed E-state index contributed by atoms with van der Waals surface area (Å²) in [6, 6.07) is 16.2. The highest BCUT2D eigenvalue weighted by Crippen LogP contribution is 2.12. The molecule has 20 heavy (non-hydrogen) atoms. The Morgan fingerprint density at radius 3 is 2.55 bits per heavy atom. The quantitative estimate of drug-likeness (QED) is 0.723. The van der Waals surface area contributed by atoms with Gasteiger partial charge >= 0.3 is 0 Å². The second kappa shape index (κ2) is 6.73. The Kier molecular flexibility index (Phi) is 4.74. The predicted octanol–water partition coefficient (Wildman–Crippen LogP) is 1.66. The first-order valence-corrected chi connectivity index (χ1v) is 6.48. The zero-order valence-corrected chi connectivity index (χ0v) is 11.1. The van der Waals surface area contributed by atoms with Gasteiger partial charge in [0, 0.05) is 5.69 Å². The lowest BCUT2D eigenvalue weighted by Gasteiger charge is -2.16. The minimum Gasteiger partial charge on any atom is -0.399 e. The van der Waals surface area contributed by atoms with Gasteiger partial charge in [-0.25, -0.2) is 0 Å². The van der Waals surface area contributed by atoms with Crippen LogP contribution in [-0.2, 0) is 11.2 Å². The fourth-order valence-electron chi connectivity index (χ4n) is 2.05. The van der Waals surface area contributed by atoms with E-state index in [9.17, 15) is 9.90 Å². The fourth-order valence-corrected chi connectivity index (χ4v) is 2.05. The van der Waals surface area contributed by atoms with Crippen LogP contribution >= 0.6 is 0 Å². The van der Waals surface area contributed by atoms with Crippen molar-refractivity contribution in [2.24, 2.45) is 0 Å². The van der Waals surface area contributed by atoms with Crippen LogP contribution in [0.25, 0.3) is 0 Å². The zero-order valence-electron chi connectivity index (χ0n) is 11.1. The summed E-state index contributed by atoms with van der Waals surface area (Å²) < 4.78 is 0. The van der Waals surface area contributed by atoms with Crippen molar-refractivity contribution in [2.75, 3.05) is 12.3 Å². The summed E-state index contributed by atoms with van der Waals surface area (Å²) in [5, 5.41) is 12.2. The maximum Gasteiger partial charge on any atom is 0.224 e. The monoisotopic (exact) mass is 270 g/mol. The molecule has 4 heteroatoms. The van der Waals surface area contributed by atoms with Crippen LogP contribution in [0.2, 0.25) is 0 Å². The Balaban J connectivity index is 2.00. The minimum atomic E-state index is -0.384. The van der Waals surface area contributed by atoms with Gasteiger partial charge in [0.2, 0.25) is 5.91 Å². The molecule has 2 rings (SSSR count). The third-order valence-electron chi connectivity index (χ3n) is 3.04. The Morgan fingerprint density at radius 2 is 1.90 bits per heavy atom. The third kappa shape index (κ3) is 3.83. The lowest BCUT2D eigenvalue weighted by atomic mass is 10.1. The molecule has 0 fully saturated rings. The van der Waals surface area contributed by atoms with Crippen molar-refractivity contribution >= 4 is 11.6 Å². The maximum absolute atomic E-state index is 12.0. The molecule has 0 aliphatic rings. The molecule has 0 bridgehead atoms. The van der Waals surface area contributed by atoms with E-state index in [4.69, 9.17) is 5.73 Å². The van der Waals surface area contributed by atoms with E-state index >= 15 is 0 Å². The number of nitrogens with one attached hydrogen (secondary N) is 1. The van der Waals surface area contributed by atoms with Crippen LogP contribution in [0.3, 0.4) is 0 Å². The highest BCUT2D eigenvalue weighted by atomic mass is 16.3. The second-order valence-electron chi connectivity index (χ2n) is 4.64. The molecule has 0 spiro atoms. The summed E-state index contributed by atoms with van der Waals surface area (Å²) in [5.74, 6) is -0.140. The van der Waals surface area contributed by atoms with Crippen LogP contribution in [0.15, 0.2) is 54.6 Å². The molecule has 4 nitrogen and oxygen atoms in total. The number of amides is 1. The number of anilines is 1. The number of hydrogen-bond donors (Lipinski definition) is 3. The van der Waals surface area contributed by atoms with Gasteiger partial charge in [-0.15, -0.1) is 0 Å². The Labute approximate surface area is 118 Å². The molecule has 2 aromatic rings. The lowest BCUT2D eigenvalue weighted by molar-refractivity contribution is -0.121. The first-order chi connectivity index (χ1) is 9.69. The summed E-state index contributed by atoms with van der Waals surface area (Å²) >= 11 is 0. The van der Waals surface area contributed by atoms with E-state index in [-0.39, 0.29) is 25.0 Å². The van der Waals surface area contributed by atoms with Crippen molar-refractivity contribution in [2.45, 2.75) is 12.5 Å². The van der Waals surface area contributed by atoms with Gasteiger partial charge in [-0.3, -0.25) is 4.79 Å². The number of carbonyl (C=O) groups excluding carboxylic acids is 1. The average molecular weight is 270 g/mol. The van der Waals surface area contributed by atoms with Gasteiger partial charge in [-0.1, -0.05) is 42.5 Å². The molecule has 4 N–H and O–H groups in total. The zero-order chi connectivity index (χ0) is 14.4. The van der Waals surface area contributed by atoms with Gasteiger partial charge in [0.05, 0.1) is 19.1 Å². The minimum absolute atomic E-state index is 0.132. The van der Waals surface area contributed by atoms with Crippen LogP contribution < -0.4 is 11.1 Å². The van der Waals surface area contributed by atoms with E-state index < -0.39 is 0 Å². The molecule has 104 valence electrons. The smallest absolute Gasteiger partial charge is 0.224 e. The number of nitrogen functional groups attached to an aromatic ring is 1. The Morgan fingerprint density at radius 1 is 1.15 bits per heavy atom. The normalized spacial score (nSPS) is 11.8. The van der Waals surface area contributed by atoms with Crippen LogP contribution in [0.4, 0.5) is 5.69 Å². The topological polar surface area (TPSA) is 75.4 Å². The van der Waals surface area contributed by atoms with Crippen molar-refractivity contribution in [3.05, 3.63) is 65.7 Å². The van der Waals surface area contributed by atoms with Crippen molar-refractivity contribution in [1.29, 1.82) is 0 Å². The molecule has 1 amide bonds. The van der Waals surface area contributed by atoms with Crippen molar-refractivity contribution in [3.8, 4) is 0 Å². The highest BCUT2D eigenvalue weighted by Gasteiger charge is 2.13. The fraction of sp³-hybridized carbons (Fsp3) is 0.188. The molecule has 1 atom stereocenters. The number of rotatable bonds is 5. The largest absolute Gasteiger partial charge is 0.399 e. The van der Waals surface area contributed by atoms with Crippen LogP contribution in [0.1, 0.15) is 17.2 Å². The predicted molar refractivity (Wildman–Crippen MR) is 79.0 cm³/mol. The molecular weight excluding hydrogens is 252 g/mol. The van der Waals surface area contributed by atoms with Crippen molar-refractivity contribution < 1.29 is 9.90 Å². The number of benzene rings is 2. The SMILES string of the molecule is Nc1cccc(CC(=O)N[C@H](CO)c2ccccc2)c1. The Hall–Kier alpha value is -2.33. The number of hydrogen-bond acceptors (Lipinski definition) is 3. The highest BCUT2D eigenvalue weighted by molar-refractivity contribution is 5.79. The van der Waals surface area contributed by atoms with E-state index in [1.165, 1.54) is 0 Å². The third-order valence-corrected chi connectivity index (χ3v) is 3.04. The summed E-state index contributed by atoms with van der Waals surface area (Å²) in [7, 11) is 0. The molecule has 0 heterocycles. The molecule has 0 aromatic heterocycles. The van der Waals surface area contributed by atoms with Gasteiger partial charge < -0.3 is 16.2 Å². The summed E-state index contributed by atoms with van der Waals surface area (Å²) in [6.07, 6.45) is 0.244. The van der Waals surface area contributed by atoms with E-state index in [0.29, 0.717) is 5.69 Å². The van der Waals surface area contributed by atoms with Crippen LogP contribution in [0, 0.1) is 0 Å². The molecule has 0 saturated carbocycles. The molecule has 0 unspecified atom stereocenters. The van der Waals surface area contributed by atoms with Crippen molar-refractivity contribution in [3.63, 3.8) is 0 Å². The standard InChI is InChI=1S/C16H18N2O2/c17-14-8-4-5-12(9-14)10-16(20)18-15(11-19)13-6-2-1-3-7-13/h1-9,15,19H,10-11,17H2,(H,18,20)/t15-/m1/s1. The van der Waals surface area contributed by atoms with E-state index in [2.05, 4.69) is 5.32 Å².